The molecule has 0 aliphatic rings. The summed E-state index contributed by atoms with van der Waals surface area (Å²) in [5, 5.41) is 7.49. The van der Waals surface area contributed by atoms with Gasteiger partial charge in [-0.3, -0.25) is 0 Å². The predicted octanol–water partition coefficient (Wildman–Crippen LogP) is 0.0318. The van der Waals surface area contributed by atoms with E-state index in [9.17, 15) is 4.79 Å². The molecular formula is C3H6NaO3. The normalized spacial score (nSPS) is 6.57. The Labute approximate surface area is 63.9 Å². The Kier molecular flexibility index (Phi) is 9.57. The molecule has 0 aliphatic heterocycles. The Morgan fingerprint density at radius 3 is 2.29 bits per heavy atom. The van der Waals surface area contributed by atoms with E-state index in [1.807, 2.05) is 0 Å². The van der Waals surface area contributed by atoms with Gasteiger partial charge in [0.2, 0.25) is 0 Å². The van der Waals surface area contributed by atoms with Crippen LogP contribution < -0.4 is 0 Å². The summed E-state index contributed by atoms with van der Waals surface area (Å²) in [6.07, 6.45) is 0.219. The van der Waals surface area contributed by atoms with Crippen LogP contribution in [-0.2, 0) is 9.68 Å². The minimum absolute atomic E-state index is 0. The zero-order chi connectivity index (χ0) is 4.99. The van der Waals surface area contributed by atoms with Gasteiger partial charge in [-0.05, 0) is 0 Å². The molecular weight excluding hydrogens is 107 g/mol. The first-order chi connectivity index (χ1) is 2.81. The molecule has 0 aliphatic carbocycles. The average molecular weight is 113 g/mol. The van der Waals surface area contributed by atoms with Crippen LogP contribution in [0.15, 0.2) is 0 Å². The molecule has 0 atom stereocenters. The molecule has 7 heavy (non-hydrogen) atoms. The van der Waals surface area contributed by atoms with E-state index in [-0.39, 0.29) is 36.0 Å². The zero-order valence-electron chi connectivity index (χ0n) is 4.47. The van der Waals surface area contributed by atoms with Crippen LogP contribution in [-0.4, -0.2) is 40.8 Å². The monoisotopic (exact) mass is 113 g/mol. The van der Waals surface area contributed by atoms with E-state index < -0.39 is 5.97 Å². The van der Waals surface area contributed by atoms with Gasteiger partial charge >= 0.3 is 5.97 Å². The number of hydrogen-bond acceptors (Lipinski definition) is 3. The van der Waals surface area contributed by atoms with E-state index >= 15 is 0 Å². The Balaban J connectivity index is 0. The third-order valence-electron chi connectivity index (χ3n) is 0.390. The van der Waals surface area contributed by atoms with Crippen LogP contribution in [0.3, 0.4) is 0 Å². The number of carbonyl (C=O) groups excluding carboxylic acids is 1. The fourth-order valence-corrected chi connectivity index (χ4v) is 0.0645. The molecule has 1 radical (unpaired) electrons. The summed E-state index contributed by atoms with van der Waals surface area (Å²) in [7, 11) is 0. The van der Waals surface area contributed by atoms with Gasteiger partial charge in [0.15, 0.2) is 0 Å². The van der Waals surface area contributed by atoms with Crippen molar-refractivity contribution in [1.82, 2.24) is 0 Å². The number of carbonyl (C=O) groups is 1. The molecule has 0 heterocycles. The number of rotatable bonds is 1. The maximum atomic E-state index is 9.71. The molecule has 0 unspecified atom stereocenters. The van der Waals surface area contributed by atoms with Crippen LogP contribution >= 0.6 is 0 Å². The number of hydrogen-bond donors (Lipinski definition) is 1. The molecule has 0 amide bonds. The fourth-order valence-electron chi connectivity index (χ4n) is 0.0645. The topological polar surface area (TPSA) is 46.5 Å². The van der Waals surface area contributed by atoms with Gasteiger partial charge in [0.1, 0.15) is 0 Å². The standard InChI is InChI=1S/C3H6O3.Na/c1-2-3(4)6-5;/h5H,2H2,1H3;. The maximum Gasteiger partial charge on any atom is 0.341 e. The molecule has 0 rings (SSSR count). The molecule has 4 heteroatoms. The van der Waals surface area contributed by atoms with Crippen molar-refractivity contribution in [3.8, 4) is 0 Å². The summed E-state index contributed by atoms with van der Waals surface area (Å²) in [6, 6.07) is 0. The van der Waals surface area contributed by atoms with Gasteiger partial charge in [-0.15, -0.1) is 0 Å². The van der Waals surface area contributed by atoms with Crippen molar-refractivity contribution in [2.24, 2.45) is 0 Å². The molecule has 0 saturated heterocycles. The molecule has 0 spiro atoms. The van der Waals surface area contributed by atoms with Crippen LogP contribution in [0.4, 0.5) is 0 Å². The van der Waals surface area contributed by atoms with Crippen LogP contribution in [0.2, 0.25) is 0 Å². The van der Waals surface area contributed by atoms with Gasteiger partial charge in [0.25, 0.3) is 0 Å². The summed E-state index contributed by atoms with van der Waals surface area (Å²) in [6.45, 7) is 1.60. The van der Waals surface area contributed by atoms with E-state index in [4.69, 9.17) is 5.26 Å². The maximum absolute atomic E-state index is 9.71. The van der Waals surface area contributed by atoms with Crippen LogP contribution in [0.1, 0.15) is 13.3 Å². The fraction of sp³-hybridized carbons (Fsp3) is 0.667. The Bertz CT molecular complexity index is 48.1. The van der Waals surface area contributed by atoms with Crippen molar-refractivity contribution in [3.63, 3.8) is 0 Å². The summed E-state index contributed by atoms with van der Waals surface area (Å²) in [4.78, 5) is 13.0. The van der Waals surface area contributed by atoms with Crippen LogP contribution in [0.25, 0.3) is 0 Å². The second-order valence-electron chi connectivity index (χ2n) is 0.817. The van der Waals surface area contributed by atoms with E-state index in [1.165, 1.54) is 0 Å². The molecule has 37 valence electrons. The summed E-state index contributed by atoms with van der Waals surface area (Å²) in [5.74, 6) is -0.602. The SMILES string of the molecule is CCC(=O)OO.[Na]. The molecule has 0 aromatic heterocycles. The van der Waals surface area contributed by atoms with Crippen molar-refractivity contribution < 1.29 is 14.9 Å². The first-order valence-electron chi connectivity index (χ1n) is 1.65. The quantitative estimate of drug-likeness (QED) is 0.296. The second-order valence-corrected chi connectivity index (χ2v) is 0.817. The average Bonchev–Trinajstić information content (AvgIpc) is 1.65. The minimum Gasteiger partial charge on any atom is -0.301 e. The zero-order valence-corrected chi connectivity index (χ0v) is 6.47. The smallest absolute Gasteiger partial charge is 0.301 e. The molecule has 3 nitrogen and oxygen atoms in total. The Hall–Kier alpha value is 0.430. The third-order valence-corrected chi connectivity index (χ3v) is 0.390. The predicted molar refractivity (Wildman–Crippen MR) is 24.8 cm³/mol. The van der Waals surface area contributed by atoms with Gasteiger partial charge in [-0.1, -0.05) is 6.92 Å². The van der Waals surface area contributed by atoms with E-state index in [0.29, 0.717) is 0 Å². The Morgan fingerprint density at radius 2 is 2.29 bits per heavy atom. The third kappa shape index (κ3) is 6.43. The summed E-state index contributed by atoms with van der Waals surface area (Å²) >= 11 is 0. The molecule has 0 aromatic rings. The molecule has 0 bridgehead atoms. The van der Waals surface area contributed by atoms with E-state index in [2.05, 4.69) is 4.89 Å². The van der Waals surface area contributed by atoms with Gasteiger partial charge in [-0.25, -0.2) is 4.79 Å². The molecule has 1 N–H and O–H groups in total. The van der Waals surface area contributed by atoms with Crippen molar-refractivity contribution >= 4 is 35.5 Å². The van der Waals surface area contributed by atoms with E-state index in [1.54, 1.807) is 6.92 Å². The van der Waals surface area contributed by atoms with Gasteiger partial charge < -0.3 is 4.89 Å². The molecule has 0 aromatic carbocycles. The second kappa shape index (κ2) is 6.43. The van der Waals surface area contributed by atoms with Crippen molar-refractivity contribution in [3.05, 3.63) is 0 Å². The summed E-state index contributed by atoms with van der Waals surface area (Å²) in [5.41, 5.74) is 0. The first-order valence-corrected chi connectivity index (χ1v) is 1.65. The molecule has 0 saturated carbocycles. The minimum atomic E-state index is -0.602. The van der Waals surface area contributed by atoms with Crippen LogP contribution in [0.5, 0.6) is 0 Å². The summed E-state index contributed by atoms with van der Waals surface area (Å²) < 4.78 is 0. The van der Waals surface area contributed by atoms with Gasteiger partial charge in [-0.2, -0.15) is 5.26 Å². The van der Waals surface area contributed by atoms with Gasteiger partial charge in [0, 0.05) is 36.0 Å². The van der Waals surface area contributed by atoms with E-state index in [0.717, 1.165) is 0 Å². The Morgan fingerprint density at radius 1 is 1.86 bits per heavy atom. The largest absolute Gasteiger partial charge is 0.341 e. The van der Waals surface area contributed by atoms with Crippen molar-refractivity contribution in [1.29, 1.82) is 0 Å². The molecule has 0 fully saturated rings. The first kappa shape index (κ1) is 10.4. The van der Waals surface area contributed by atoms with Crippen molar-refractivity contribution in [2.45, 2.75) is 13.3 Å². The van der Waals surface area contributed by atoms with Crippen molar-refractivity contribution in [2.75, 3.05) is 0 Å². The van der Waals surface area contributed by atoms with Crippen LogP contribution in [0, 0.1) is 0 Å². The van der Waals surface area contributed by atoms with Gasteiger partial charge in [0.05, 0.1) is 0 Å².